The molecule has 0 atom stereocenters. The first-order valence-corrected chi connectivity index (χ1v) is 10.7. The molecule has 0 bridgehead atoms. The molecule has 0 saturated carbocycles. The van der Waals surface area contributed by atoms with Gasteiger partial charge in [0.1, 0.15) is 17.3 Å². The minimum atomic E-state index is -0.604. The van der Waals surface area contributed by atoms with Gasteiger partial charge < -0.3 is 20.1 Å². The molecule has 0 aliphatic heterocycles. The molecule has 3 N–H and O–H groups in total. The molecule has 0 aliphatic carbocycles. The number of nitrogens with zero attached hydrogens (tertiary/aromatic N) is 1. The molecule has 1 heterocycles. The van der Waals surface area contributed by atoms with Gasteiger partial charge in [0.25, 0.3) is 0 Å². The van der Waals surface area contributed by atoms with Crippen molar-refractivity contribution in [2.75, 3.05) is 17.2 Å². The van der Waals surface area contributed by atoms with E-state index < -0.39 is 6.09 Å². The Bertz CT molecular complexity index is 1140. The van der Waals surface area contributed by atoms with Crippen LogP contribution in [0.15, 0.2) is 66.9 Å². The van der Waals surface area contributed by atoms with E-state index in [2.05, 4.69) is 20.9 Å². The molecule has 0 aliphatic rings. The highest BCUT2D eigenvalue weighted by molar-refractivity contribution is 7.80. The van der Waals surface area contributed by atoms with E-state index in [1.54, 1.807) is 37.3 Å². The van der Waals surface area contributed by atoms with Crippen molar-refractivity contribution in [1.29, 1.82) is 0 Å². The van der Waals surface area contributed by atoms with Gasteiger partial charge >= 0.3 is 6.09 Å². The second-order valence-electron chi connectivity index (χ2n) is 6.63. The number of carbonyl (C=O) groups excluding carboxylic acids is 2. The van der Waals surface area contributed by atoms with Gasteiger partial charge in [0, 0.05) is 18.3 Å². The number of amides is 2. The van der Waals surface area contributed by atoms with Gasteiger partial charge in [-0.05, 0) is 42.9 Å². The second-order valence-corrected chi connectivity index (χ2v) is 7.45. The van der Waals surface area contributed by atoms with Gasteiger partial charge in [-0.2, -0.15) is 0 Å². The molecule has 0 unspecified atom stereocenters. The molecule has 3 rings (SSSR count). The molecular weight excluding hydrogens is 464 g/mol. The molecule has 8 nitrogen and oxygen atoms in total. The summed E-state index contributed by atoms with van der Waals surface area (Å²) in [4.78, 5) is 27.7. The first-order valence-electron chi connectivity index (χ1n) is 9.95. The van der Waals surface area contributed by atoms with Crippen LogP contribution in [0.1, 0.15) is 12.5 Å². The van der Waals surface area contributed by atoms with Crippen LogP contribution in [-0.2, 0) is 16.0 Å². The van der Waals surface area contributed by atoms with Gasteiger partial charge in [0.05, 0.1) is 23.7 Å². The lowest BCUT2D eigenvalue weighted by atomic mass is 10.1. The summed E-state index contributed by atoms with van der Waals surface area (Å²) in [6, 6.07) is 17.5. The number of hydrogen-bond acceptors (Lipinski definition) is 6. The van der Waals surface area contributed by atoms with Crippen molar-refractivity contribution in [1.82, 2.24) is 10.3 Å². The van der Waals surface area contributed by atoms with E-state index in [0.717, 1.165) is 5.56 Å². The average molecular weight is 485 g/mol. The lowest BCUT2D eigenvalue weighted by molar-refractivity contribution is -0.119. The number of pyridine rings is 1. The SMILES string of the molecule is CCOC(=O)Nc1cc(Oc2ccc(NC(=S)NC(=O)Cc3ccccc3)c(Cl)c2)ccn1. The van der Waals surface area contributed by atoms with Crippen molar-refractivity contribution in [3.05, 3.63) is 77.4 Å². The standard InChI is InChI=1S/C23H21ClN4O4S/c1-2-31-23(30)27-20-14-17(10-11-25-20)32-16-8-9-19(18(24)13-16)26-22(33)28-21(29)12-15-6-4-3-5-7-15/h3-11,13-14H,2,12H2,1H3,(H,25,27,30)(H2,26,28,29,33). The highest BCUT2D eigenvalue weighted by Crippen LogP contribution is 2.30. The van der Waals surface area contributed by atoms with Gasteiger partial charge in [0.15, 0.2) is 5.11 Å². The van der Waals surface area contributed by atoms with Crippen molar-refractivity contribution in [3.63, 3.8) is 0 Å². The second kappa shape index (κ2) is 11.8. The minimum Gasteiger partial charge on any atom is -0.457 e. The Hall–Kier alpha value is -3.69. The number of nitrogens with one attached hydrogen (secondary N) is 3. The maximum absolute atomic E-state index is 12.2. The van der Waals surface area contributed by atoms with E-state index in [-0.39, 0.29) is 29.9 Å². The van der Waals surface area contributed by atoms with Crippen LogP contribution in [0.4, 0.5) is 16.3 Å². The van der Waals surface area contributed by atoms with E-state index in [1.165, 1.54) is 6.20 Å². The van der Waals surface area contributed by atoms with Crippen molar-refractivity contribution in [2.45, 2.75) is 13.3 Å². The highest BCUT2D eigenvalue weighted by Gasteiger charge is 2.10. The summed E-state index contributed by atoms with van der Waals surface area (Å²) in [6.07, 6.45) is 1.10. The highest BCUT2D eigenvalue weighted by atomic mass is 35.5. The van der Waals surface area contributed by atoms with Crippen LogP contribution in [0.2, 0.25) is 5.02 Å². The molecule has 2 amide bonds. The molecule has 33 heavy (non-hydrogen) atoms. The number of ether oxygens (including phenoxy) is 2. The number of benzene rings is 2. The lowest BCUT2D eigenvalue weighted by Gasteiger charge is -2.13. The Morgan fingerprint density at radius 3 is 2.52 bits per heavy atom. The predicted octanol–water partition coefficient (Wildman–Crippen LogP) is 5.15. The van der Waals surface area contributed by atoms with Gasteiger partial charge in [0.2, 0.25) is 5.91 Å². The maximum atomic E-state index is 12.2. The Kier molecular flexibility index (Phi) is 8.56. The summed E-state index contributed by atoms with van der Waals surface area (Å²) in [5.41, 5.74) is 1.39. The fourth-order valence-corrected chi connectivity index (χ4v) is 3.16. The zero-order chi connectivity index (χ0) is 23.6. The molecule has 2 aromatic carbocycles. The summed E-state index contributed by atoms with van der Waals surface area (Å²) < 4.78 is 10.6. The number of anilines is 2. The van der Waals surface area contributed by atoms with Crippen molar-refractivity contribution in [2.24, 2.45) is 0 Å². The molecule has 0 fully saturated rings. The number of thiocarbonyl (C=S) groups is 1. The zero-order valence-electron chi connectivity index (χ0n) is 17.6. The Morgan fingerprint density at radius 1 is 1.03 bits per heavy atom. The number of carbonyl (C=O) groups is 2. The van der Waals surface area contributed by atoms with Crippen LogP contribution < -0.4 is 20.7 Å². The van der Waals surface area contributed by atoms with E-state index in [4.69, 9.17) is 33.3 Å². The average Bonchev–Trinajstić information content (AvgIpc) is 2.76. The van der Waals surface area contributed by atoms with Crippen molar-refractivity contribution < 1.29 is 19.1 Å². The summed E-state index contributed by atoms with van der Waals surface area (Å²) in [5, 5.41) is 8.51. The Labute approximate surface area is 201 Å². The first kappa shape index (κ1) is 24.0. The quantitative estimate of drug-likeness (QED) is 0.398. The van der Waals surface area contributed by atoms with E-state index in [0.29, 0.717) is 22.2 Å². The molecule has 0 radical (unpaired) electrons. The summed E-state index contributed by atoms with van der Waals surface area (Å²) in [7, 11) is 0. The molecular formula is C23H21ClN4O4S. The van der Waals surface area contributed by atoms with E-state index in [1.807, 2.05) is 30.3 Å². The largest absolute Gasteiger partial charge is 0.457 e. The molecule has 10 heteroatoms. The van der Waals surface area contributed by atoms with Gasteiger partial charge in [-0.3, -0.25) is 10.1 Å². The van der Waals surface area contributed by atoms with Crippen LogP contribution in [-0.4, -0.2) is 28.7 Å². The number of hydrogen-bond donors (Lipinski definition) is 3. The number of halogens is 1. The maximum Gasteiger partial charge on any atom is 0.412 e. The molecule has 170 valence electrons. The van der Waals surface area contributed by atoms with Crippen molar-refractivity contribution in [3.8, 4) is 11.5 Å². The normalized spacial score (nSPS) is 10.1. The van der Waals surface area contributed by atoms with Crippen LogP contribution in [0, 0.1) is 0 Å². The van der Waals surface area contributed by atoms with Crippen molar-refractivity contribution >= 4 is 52.4 Å². The zero-order valence-corrected chi connectivity index (χ0v) is 19.2. The molecule has 0 spiro atoms. The lowest BCUT2D eigenvalue weighted by Crippen LogP contribution is -2.35. The predicted molar refractivity (Wildman–Crippen MR) is 131 cm³/mol. The van der Waals surface area contributed by atoms with Crippen LogP contribution >= 0.6 is 23.8 Å². The van der Waals surface area contributed by atoms with E-state index in [9.17, 15) is 9.59 Å². The third-order valence-corrected chi connectivity index (χ3v) is 4.64. The van der Waals surface area contributed by atoms with E-state index >= 15 is 0 Å². The molecule has 3 aromatic rings. The van der Waals surface area contributed by atoms with Crippen LogP contribution in [0.25, 0.3) is 0 Å². The minimum absolute atomic E-state index is 0.135. The molecule has 0 saturated heterocycles. The monoisotopic (exact) mass is 484 g/mol. The Balaban J connectivity index is 1.57. The first-order chi connectivity index (χ1) is 15.9. The number of aromatic nitrogens is 1. The summed E-state index contributed by atoms with van der Waals surface area (Å²) in [6.45, 7) is 1.96. The fraction of sp³-hybridized carbons (Fsp3) is 0.130. The summed E-state index contributed by atoms with van der Waals surface area (Å²) >= 11 is 11.5. The van der Waals surface area contributed by atoms with Gasteiger partial charge in [-0.15, -0.1) is 0 Å². The summed E-state index contributed by atoms with van der Waals surface area (Å²) in [5.74, 6) is 0.946. The Morgan fingerprint density at radius 2 is 1.79 bits per heavy atom. The van der Waals surface area contributed by atoms with Gasteiger partial charge in [-0.1, -0.05) is 41.9 Å². The van der Waals surface area contributed by atoms with Gasteiger partial charge in [-0.25, -0.2) is 9.78 Å². The third kappa shape index (κ3) is 7.74. The number of rotatable bonds is 7. The van der Waals surface area contributed by atoms with Crippen LogP contribution in [0.3, 0.4) is 0 Å². The topological polar surface area (TPSA) is 102 Å². The molecule has 1 aromatic heterocycles. The smallest absolute Gasteiger partial charge is 0.412 e. The third-order valence-electron chi connectivity index (χ3n) is 4.12. The van der Waals surface area contributed by atoms with Crippen LogP contribution in [0.5, 0.6) is 11.5 Å². The fourth-order valence-electron chi connectivity index (χ4n) is 2.72.